The second-order valence-corrected chi connectivity index (χ2v) is 12.0. The van der Waals surface area contributed by atoms with Crippen LogP contribution in [0.4, 0.5) is 0 Å². The minimum absolute atomic E-state index is 0.0349. The van der Waals surface area contributed by atoms with Crippen LogP contribution >= 0.6 is 0 Å². The number of sulfone groups is 1. The molecule has 1 heterocycles. The van der Waals surface area contributed by atoms with Gasteiger partial charge in [0.25, 0.3) is 0 Å². The van der Waals surface area contributed by atoms with Gasteiger partial charge in [0.2, 0.25) is 12.7 Å². The topological polar surface area (TPSA) is 140 Å². The van der Waals surface area contributed by atoms with Crippen molar-refractivity contribution >= 4 is 15.7 Å². The summed E-state index contributed by atoms with van der Waals surface area (Å²) in [6.07, 6.45) is 0.898. The molecule has 0 fully saturated rings. The number of nitrogens with one attached hydrogen (secondary N) is 2. The molecule has 0 spiro atoms. The van der Waals surface area contributed by atoms with Gasteiger partial charge in [-0.15, -0.1) is 0 Å². The zero-order valence-corrected chi connectivity index (χ0v) is 22.1. The first-order valence-electron chi connectivity index (χ1n) is 12.1. The highest BCUT2D eigenvalue weighted by molar-refractivity contribution is 7.91. The first-order valence-corrected chi connectivity index (χ1v) is 13.7. The van der Waals surface area contributed by atoms with Crippen LogP contribution in [0.1, 0.15) is 39.7 Å². The van der Waals surface area contributed by atoms with Crippen molar-refractivity contribution in [3.63, 3.8) is 0 Å². The van der Waals surface area contributed by atoms with Gasteiger partial charge in [0, 0.05) is 19.0 Å². The number of rotatable bonds is 12. The first kappa shape index (κ1) is 27.9. The molecule has 198 valence electrons. The van der Waals surface area contributed by atoms with E-state index in [0.717, 1.165) is 5.56 Å². The third-order valence-corrected chi connectivity index (χ3v) is 8.32. The van der Waals surface area contributed by atoms with Gasteiger partial charge < -0.3 is 25.6 Å². The molecule has 1 unspecified atom stereocenters. The lowest BCUT2D eigenvalue weighted by Crippen LogP contribution is -2.65. The Labute approximate surface area is 213 Å². The van der Waals surface area contributed by atoms with Crippen molar-refractivity contribution < 1.29 is 27.8 Å². The Morgan fingerprint density at radius 1 is 1.14 bits per heavy atom. The van der Waals surface area contributed by atoms with Crippen LogP contribution in [0.2, 0.25) is 0 Å². The van der Waals surface area contributed by atoms with E-state index in [-0.39, 0.29) is 30.1 Å². The lowest BCUT2D eigenvalue weighted by Gasteiger charge is -2.39. The third-order valence-electron chi connectivity index (χ3n) is 6.35. The number of hydrogen-bond donors (Lipinski definition) is 4. The standard InChI is InChI=1S/C26H37N3O6S/c1-5-26(14-19-9-7-6-8-10-19,29-24(30)23(27)18(2)3)28-15-25(4,31)16-36(32,33)20-11-12-21-22(13-20)35-17-34-21/h6-13,18,23,28,31H,5,14-17,27H2,1-4H3,(H,29,30)/t23-,25+,26?/m0/s1. The predicted octanol–water partition coefficient (Wildman–Crippen LogP) is 1.98. The van der Waals surface area contributed by atoms with Gasteiger partial charge in [-0.1, -0.05) is 51.1 Å². The zero-order valence-electron chi connectivity index (χ0n) is 21.3. The minimum Gasteiger partial charge on any atom is -0.454 e. The van der Waals surface area contributed by atoms with Crippen molar-refractivity contribution in [1.82, 2.24) is 10.6 Å². The molecule has 36 heavy (non-hydrogen) atoms. The largest absolute Gasteiger partial charge is 0.454 e. The maximum Gasteiger partial charge on any atom is 0.238 e. The van der Waals surface area contributed by atoms with Crippen LogP contribution in [0.3, 0.4) is 0 Å². The lowest BCUT2D eigenvalue weighted by atomic mass is 9.94. The van der Waals surface area contributed by atoms with Crippen LogP contribution < -0.4 is 25.8 Å². The smallest absolute Gasteiger partial charge is 0.238 e. The highest BCUT2D eigenvalue weighted by atomic mass is 32.2. The third kappa shape index (κ3) is 6.97. The molecule has 0 radical (unpaired) electrons. The Morgan fingerprint density at radius 3 is 2.44 bits per heavy atom. The Balaban J connectivity index is 1.79. The number of amides is 1. The predicted molar refractivity (Wildman–Crippen MR) is 137 cm³/mol. The number of fused-ring (bicyclic) bond motifs is 1. The first-order chi connectivity index (χ1) is 16.9. The summed E-state index contributed by atoms with van der Waals surface area (Å²) in [5, 5.41) is 17.4. The number of carbonyl (C=O) groups is 1. The fourth-order valence-electron chi connectivity index (χ4n) is 4.03. The van der Waals surface area contributed by atoms with E-state index in [2.05, 4.69) is 10.6 Å². The van der Waals surface area contributed by atoms with E-state index in [1.807, 2.05) is 51.1 Å². The molecule has 0 aliphatic carbocycles. The molecule has 2 aromatic rings. The summed E-state index contributed by atoms with van der Waals surface area (Å²) >= 11 is 0. The molecule has 0 aromatic heterocycles. The average molecular weight is 520 g/mol. The average Bonchev–Trinajstić information content (AvgIpc) is 3.30. The Hall–Kier alpha value is -2.66. The Bertz CT molecular complexity index is 1150. The van der Waals surface area contributed by atoms with Gasteiger partial charge in [-0.3, -0.25) is 10.1 Å². The summed E-state index contributed by atoms with van der Waals surface area (Å²) < 4.78 is 36.7. The van der Waals surface area contributed by atoms with Crippen molar-refractivity contribution in [3.8, 4) is 11.5 Å². The van der Waals surface area contributed by atoms with Crippen LogP contribution in [0.5, 0.6) is 11.5 Å². The van der Waals surface area contributed by atoms with E-state index in [1.54, 1.807) is 0 Å². The van der Waals surface area contributed by atoms with Gasteiger partial charge in [0.05, 0.1) is 28.0 Å². The van der Waals surface area contributed by atoms with Crippen LogP contribution in [0, 0.1) is 5.92 Å². The van der Waals surface area contributed by atoms with E-state index in [9.17, 15) is 18.3 Å². The van der Waals surface area contributed by atoms with Crippen LogP contribution in [-0.4, -0.2) is 55.8 Å². The molecule has 5 N–H and O–H groups in total. The maximum absolute atomic E-state index is 13.1. The van der Waals surface area contributed by atoms with Gasteiger partial charge in [-0.05, 0) is 37.0 Å². The van der Waals surface area contributed by atoms with Crippen molar-refractivity contribution in [3.05, 3.63) is 54.1 Å². The van der Waals surface area contributed by atoms with Crippen LogP contribution in [0.25, 0.3) is 0 Å². The van der Waals surface area contributed by atoms with Gasteiger partial charge in [0.15, 0.2) is 21.3 Å². The van der Waals surface area contributed by atoms with Crippen molar-refractivity contribution in [2.75, 3.05) is 19.1 Å². The molecule has 3 atom stereocenters. The number of carbonyl (C=O) groups excluding carboxylic acids is 1. The number of ether oxygens (including phenoxy) is 2. The molecule has 2 aromatic carbocycles. The summed E-state index contributed by atoms with van der Waals surface area (Å²) in [4.78, 5) is 13.0. The Kier molecular flexibility index (Phi) is 8.66. The molecule has 0 saturated heterocycles. The van der Waals surface area contributed by atoms with E-state index < -0.39 is 32.9 Å². The van der Waals surface area contributed by atoms with Gasteiger partial charge in [0.1, 0.15) is 0 Å². The molecule has 0 saturated carbocycles. The molecule has 1 amide bonds. The second kappa shape index (κ2) is 11.2. The number of hydrogen-bond acceptors (Lipinski definition) is 8. The highest BCUT2D eigenvalue weighted by Gasteiger charge is 2.37. The molecular formula is C26H37N3O6S. The fourth-order valence-corrected chi connectivity index (χ4v) is 5.68. The number of nitrogens with two attached hydrogens (primary N) is 1. The van der Waals surface area contributed by atoms with Gasteiger partial charge in [-0.25, -0.2) is 8.42 Å². The molecule has 3 rings (SSSR count). The lowest BCUT2D eigenvalue weighted by molar-refractivity contribution is -0.126. The van der Waals surface area contributed by atoms with Gasteiger partial charge in [-0.2, -0.15) is 0 Å². The zero-order chi connectivity index (χ0) is 26.6. The molecule has 0 bridgehead atoms. The summed E-state index contributed by atoms with van der Waals surface area (Å²) in [6.45, 7) is 7.05. The van der Waals surface area contributed by atoms with Crippen molar-refractivity contribution in [2.45, 2.75) is 62.7 Å². The SMILES string of the molecule is CCC(Cc1ccccc1)(NC[C@@](C)(O)CS(=O)(=O)c1ccc2c(c1)OCO2)NC(=O)[C@@H](N)C(C)C. The van der Waals surface area contributed by atoms with E-state index in [1.165, 1.54) is 25.1 Å². The number of benzene rings is 2. The van der Waals surface area contributed by atoms with E-state index >= 15 is 0 Å². The minimum atomic E-state index is -3.85. The molecule has 9 nitrogen and oxygen atoms in total. The van der Waals surface area contributed by atoms with E-state index in [0.29, 0.717) is 24.3 Å². The van der Waals surface area contributed by atoms with Crippen molar-refractivity contribution in [1.29, 1.82) is 0 Å². The van der Waals surface area contributed by atoms with Crippen LogP contribution in [-0.2, 0) is 21.1 Å². The highest BCUT2D eigenvalue weighted by Crippen LogP contribution is 2.34. The summed E-state index contributed by atoms with van der Waals surface area (Å²) in [6, 6.07) is 13.3. The molecule has 1 aliphatic heterocycles. The molecular weight excluding hydrogens is 482 g/mol. The summed E-state index contributed by atoms with van der Waals surface area (Å²) in [7, 11) is -3.85. The number of aliphatic hydroxyl groups is 1. The fraction of sp³-hybridized carbons (Fsp3) is 0.500. The Morgan fingerprint density at radius 2 is 1.81 bits per heavy atom. The molecule has 10 heteroatoms. The maximum atomic E-state index is 13.1. The normalized spacial score (nSPS) is 17.3. The van der Waals surface area contributed by atoms with Crippen molar-refractivity contribution in [2.24, 2.45) is 11.7 Å². The van der Waals surface area contributed by atoms with Crippen LogP contribution in [0.15, 0.2) is 53.4 Å². The summed E-state index contributed by atoms with van der Waals surface area (Å²) in [5.41, 5.74) is 4.48. The quantitative estimate of drug-likeness (QED) is 0.312. The monoisotopic (exact) mass is 519 g/mol. The van der Waals surface area contributed by atoms with E-state index in [4.69, 9.17) is 15.2 Å². The van der Waals surface area contributed by atoms with Gasteiger partial charge >= 0.3 is 0 Å². The second-order valence-electron chi connectivity index (χ2n) is 9.98. The molecule has 1 aliphatic rings. The summed E-state index contributed by atoms with van der Waals surface area (Å²) in [5.74, 6) is -0.0801.